The molecule has 4 heteroatoms. The fourth-order valence-corrected chi connectivity index (χ4v) is 2.70. The van der Waals surface area contributed by atoms with Crippen molar-refractivity contribution in [2.45, 2.75) is 25.8 Å². The van der Waals surface area contributed by atoms with Crippen molar-refractivity contribution in [3.8, 4) is 11.8 Å². The van der Waals surface area contributed by atoms with Crippen LogP contribution in [-0.4, -0.2) is 26.2 Å². The molecule has 2 atom stereocenters. The van der Waals surface area contributed by atoms with E-state index in [-0.39, 0.29) is 6.04 Å². The van der Waals surface area contributed by atoms with Crippen molar-refractivity contribution >= 4 is 5.69 Å². The molecule has 2 rings (SSSR count). The van der Waals surface area contributed by atoms with Crippen LogP contribution in [0, 0.1) is 17.2 Å². The van der Waals surface area contributed by atoms with Crippen molar-refractivity contribution in [1.29, 1.82) is 5.26 Å². The number of ether oxygens (including phenoxy) is 1. The second kappa shape index (κ2) is 5.94. The standard InChI is InChI=1S/C15H21N3O/c1-3-11-10-18(7-6-14(11)17)15-8-13(19-2)5-4-12(15)9-16/h4-5,8,11,14H,3,6-7,10,17H2,1-2H3. The van der Waals surface area contributed by atoms with Gasteiger partial charge in [-0.25, -0.2) is 0 Å². The van der Waals surface area contributed by atoms with Crippen LogP contribution in [0.1, 0.15) is 25.3 Å². The van der Waals surface area contributed by atoms with Gasteiger partial charge in [0.15, 0.2) is 0 Å². The third-order valence-corrected chi connectivity index (χ3v) is 3.98. The lowest BCUT2D eigenvalue weighted by molar-refractivity contribution is 0.347. The lowest BCUT2D eigenvalue weighted by Crippen LogP contribution is -2.47. The van der Waals surface area contributed by atoms with Crippen LogP contribution in [0.3, 0.4) is 0 Å². The number of piperidine rings is 1. The van der Waals surface area contributed by atoms with Gasteiger partial charge in [-0.15, -0.1) is 0 Å². The minimum absolute atomic E-state index is 0.275. The molecule has 0 aliphatic carbocycles. The highest BCUT2D eigenvalue weighted by molar-refractivity contribution is 5.62. The SMILES string of the molecule is CCC1CN(c2cc(OC)ccc2C#N)CCC1N. The molecule has 1 aromatic rings. The second-order valence-corrected chi connectivity index (χ2v) is 5.06. The number of hydrogen-bond acceptors (Lipinski definition) is 4. The zero-order valence-electron chi connectivity index (χ0n) is 11.6. The van der Waals surface area contributed by atoms with Gasteiger partial charge in [0.25, 0.3) is 0 Å². The van der Waals surface area contributed by atoms with E-state index in [9.17, 15) is 5.26 Å². The van der Waals surface area contributed by atoms with E-state index in [1.165, 1.54) is 0 Å². The Hall–Kier alpha value is -1.73. The van der Waals surface area contributed by atoms with Crippen LogP contribution in [0.4, 0.5) is 5.69 Å². The Balaban J connectivity index is 2.28. The molecule has 1 aromatic carbocycles. The summed E-state index contributed by atoms with van der Waals surface area (Å²) in [4.78, 5) is 2.26. The van der Waals surface area contributed by atoms with Crippen LogP contribution >= 0.6 is 0 Å². The van der Waals surface area contributed by atoms with E-state index in [0.717, 1.165) is 37.4 Å². The van der Waals surface area contributed by atoms with Crippen molar-refractivity contribution in [3.63, 3.8) is 0 Å². The maximum absolute atomic E-state index is 9.25. The molecule has 0 amide bonds. The highest BCUT2D eigenvalue weighted by Crippen LogP contribution is 2.30. The fourth-order valence-electron chi connectivity index (χ4n) is 2.70. The number of rotatable bonds is 3. The molecule has 1 aliphatic rings. The van der Waals surface area contributed by atoms with Crippen LogP contribution in [0.5, 0.6) is 5.75 Å². The largest absolute Gasteiger partial charge is 0.497 e. The highest BCUT2D eigenvalue weighted by Gasteiger charge is 2.26. The summed E-state index contributed by atoms with van der Waals surface area (Å²) in [6.07, 6.45) is 2.05. The minimum atomic E-state index is 0.275. The summed E-state index contributed by atoms with van der Waals surface area (Å²) < 4.78 is 5.26. The number of anilines is 1. The van der Waals surface area contributed by atoms with Gasteiger partial charge in [0.05, 0.1) is 18.4 Å². The molecule has 0 spiro atoms. The fraction of sp³-hybridized carbons (Fsp3) is 0.533. The quantitative estimate of drug-likeness (QED) is 0.903. The summed E-state index contributed by atoms with van der Waals surface area (Å²) in [5.74, 6) is 1.28. The number of methoxy groups -OCH3 is 1. The smallest absolute Gasteiger partial charge is 0.121 e. The van der Waals surface area contributed by atoms with Gasteiger partial charge in [-0.2, -0.15) is 5.26 Å². The van der Waals surface area contributed by atoms with Crippen molar-refractivity contribution in [2.75, 3.05) is 25.1 Å². The van der Waals surface area contributed by atoms with Crippen molar-refractivity contribution < 1.29 is 4.74 Å². The molecule has 1 saturated heterocycles. The van der Waals surface area contributed by atoms with Gasteiger partial charge in [0.1, 0.15) is 11.8 Å². The van der Waals surface area contributed by atoms with E-state index in [4.69, 9.17) is 10.5 Å². The van der Waals surface area contributed by atoms with Crippen LogP contribution in [0.25, 0.3) is 0 Å². The first-order valence-electron chi connectivity index (χ1n) is 6.78. The van der Waals surface area contributed by atoms with Crippen molar-refractivity contribution in [1.82, 2.24) is 0 Å². The normalized spacial score (nSPS) is 22.9. The molecule has 1 fully saturated rings. The third kappa shape index (κ3) is 2.82. The number of nitrogens with two attached hydrogens (primary N) is 1. The molecule has 1 heterocycles. The molecule has 102 valence electrons. The molecule has 1 aliphatic heterocycles. The van der Waals surface area contributed by atoms with Gasteiger partial charge in [0, 0.05) is 25.2 Å². The van der Waals surface area contributed by atoms with E-state index in [0.29, 0.717) is 11.5 Å². The molecular weight excluding hydrogens is 238 g/mol. The Morgan fingerprint density at radius 2 is 2.32 bits per heavy atom. The summed E-state index contributed by atoms with van der Waals surface area (Å²) in [6.45, 7) is 3.99. The van der Waals surface area contributed by atoms with Crippen LogP contribution in [0.2, 0.25) is 0 Å². The predicted octanol–water partition coefficient (Wildman–Crippen LogP) is 2.13. The molecule has 19 heavy (non-hydrogen) atoms. The number of benzene rings is 1. The Kier molecular flexibility index (Phi) is 4.28. The lowest BCUT2D eigenvalue weighted by Gasteiger charge is -2.38. The van der Waals surface area contributed by atoms with Crippen LogP contribution in [0.15, 0.2) is 18.2 Å². The Morgan fingerprint density at radius 1 is 1.53 bits per heavy atom. The number of nitrogens with zero attached hydrogens (tertiary/aromatic N) is 2. The molecule has 0 aromatic heterocycles. The molecule has 4 nitrogen and oxygen atoms in total. The molecule has 2 N–H and O–H groups in total. The summed E-state index contributed by atoms with van der Waals surface area (Å²) in [6, 6.07) is 8.13. The molecule has 0 radical (unpaired) electrons. The summed E-state index contributed by atoms with van der Waals surface area (Å²) >= 11 is 0. The molecule has 2 unspecified atom stereocenters. The van der Waals surface area contributed by atoms with Gasteiger partial charge in [-0.3, -0.25) is 0 Å². The van der Waals surface area contributed by atoms with E-state index >= 15 is 0 Å². The summed E-state index contributed by atoms with van der Waals surface area (Å²) in [7, 11) is 1.64. The van der Waals surface area contributed by atoms with Gasteiger partial charge in [-0.05, 0) is 24.5 Å². The monoisotopic (exact) mass is 259 g/mol. The maximum Gasteiger partial charge on any atom is 0.121 e. The van der Waals surface area contributed by atoms with Crippen molar-refractivity contribution in [3.05, 3.63) is 23.8 Å². The number of nitriles is 1. The average Bonchev–Trinajstić information content (AvgIpc) is 2.47. The van der Waals surface area contributed by atoms with Crippen LogP contribution in [-0.2, 0) is 0 Å². The van der Waals surface area contributed by atoms with Crippen molar-refractivity contribution in [2.24, 2.45) is 11.7 Å². The zero-order valence-corrected chi connectivity index (χ0v) is 11.6. The summed E-state index contributed by atoms with van der Waals surface area (Å²) in [5, 5.41) is 9.25. The Labute approximate surface area is 114 Å². The van der Waals surface area contributed by atoms with Gasteiger partial charge in [-0.1, -0.05) is 13.3 Å². The Morgan fingerprint density at radius 3 is 2.95 bits per heavy atom. The third-order valence-electron chi connectivity index (χ3n) is 3.98. The van der Waals surface area contributed by atoms with E-state index in [1.54, 1.807) is 7.11 Å². The molecule has 0 saturated carbocycles. The molecular formula is C15H21N3O. The van der Waals surface area contributed by atoms with E-state index < -0.39 is 0 Å². The van der Waals surface area contributed by atoms with Crippen LogP contribution < -0.4 is 15.4 Å². The van der Waals surface area contributed by atoms with Gasteiger partial charge >= 0.3 is 0 Å². The van der Waals surface area contributed by atoms with Gasteiger partial charge < -0.3 is 15.4 Å². The highest BCUT2D eigenvalue weighted by atomic mass is 16.5. The first-order valence-corrected chi connectivity index (χ1v) is 6.78. The molecule has 0 bridgehead atoms. The van der Waals surface area contributed by atoms with E-state index in [1.807, 2.05) is 18.2 Å². The maximum atomic E-state index is 9.25. The second-order valence-electron chi connectivity index (χ2n) is 5.06. The average molecular weight is 259 g/mol. The summed E-state index contributed by atoms with van der Waals surface area (Å²) in [5.41, 5.74) is 7.81. The first-order chi connectivity index (χ1) is 9.19. The number of hydrogen-bond donors (Lipinski definition) is 1. The Bertz CT molecular complexity index is 481. The minimum Gasteiger partial charge on any atom is -0.497 e. The zero-order chi connectivity index (χ0) is 13.8. The first kappa shape index (κ1) is 13.7. The van der Waals surface area contributed by atoms with Gasteiger partial charge in [0.2, 0.25) is 0 Å². The van der Waals surface area contributed by atoms with E-state index in [2.05, 4.69) is 17.9 Å². The lowest BCUT2D eigenvalue weighted by atomic mass is 9.90. The predicted molar refractivity (Wildman–Crippen MR) is 76.3 cm³/mol. The topological polar surface area (TPSA) is 62.3 Å².